The number of carbonyl (C=O) groups excluding carboxylic acids is 1. The van der Waals surface area contributed by atoms with E-state index in [0.29, 0.717) is 0 Å². The molecule has 5 nitrogen and oxygen atoms in total. The molecule has 0 unspecified atom stereocenters. The monoisotopic (exact) mass is 251 g/mol. The van der Waals surface area contributed by atoms with Crippen LogP contribution in [0.1, 0.15) is 10.5 Å². The lowest BCUT2D eigenvalue weighted by Crippen LogP contribution is -2.13. The molecule has 1 aromatic heterocycles. The minimum absolute atomic E-state index is 0.0121. The predicted octanol–water partition coefficient (Wildman–Crippen LogP) is 0.923. The van der Waals surface area contributed by atoms with Gasteiger partial charge in [-0.05, 0) is 15.9 Å². The van der Waals surface area contributed by atoms with Crippen LogP contribution in [0.25, 0.3) is 0 Å². The Hall–Kier alpha value is -0.720. The van der Waals surface area contributed by atoms with Crippen molar-refractivity contribution in [3.05, 3.63) is 21.6 Å². The number of rotatable bonds is 1. The van der Waals surface area contributed by atoms with E-state index < -0.39 is 5.97 Å². The van der Waals surface area contributed by atoms with Gasteiger partial charge in [0, 0.05) is 0 Å². The van der Waals surface area contributed by atoms with E-state index >= 15 is 0 Å². The third-order valence-corrected chi connectivity index (χ3v) is 1.74. The van der Waals surface area contributed by atoms with Gasteiger partial charge < -0.3 is 4.84 Å². The smallest absolute Gasteiger partial charge is 0.368 e. The van der Waals surface area contributed by atoms with E-state index in [1.807, 2.05) is 0 Å². The summed E-state index contributed by atoms with van der Waals surface area (Å²) in [5.41, 5.74) is -0.0121. The van der Waals surface area contributed by atoms with Gasteiger partial charge in [0.25, 0.3) is 0 Å². The highest BCUT2D eigenvalue weighted by atomic mass is 79.9. The van der Waals surface area contributed by atoms with Crippen LogP contribution in [0.3, 0.4) is 0 Å². The third kappa shape index (κ3) is 1.90. The molecule has 0 radical (unpaired) electrons. The van der Waals surface area contributed by atoms with Gasteiger partial charge in [-0.25, -0.2) is 14.8 Å². The molecule has 0 atom stereocenters. The average molecular weight is 252 g/mol. The molecule has 1 aromatic rings. The summed E-state index contributed by atoms with van der Waals surface area (Å²) < 4.78 is 0.199. The van der Waals surface area contributed by atoms with Crippen LogP contribution < -0.4 is 5.90 Å². The number of halogens is 2. The minimum atomic E-state index is -0.772. The lowest BCUT2D eigenvalue weighted by molar-refractivity contribution is 0.0494. The zero-order valence-electron chi connectivity index (χ0n) is 5.62. The van der Waals surface area contributed by atoms with Crippen LogP contribution in [0.5, 0.6) is 0 Å². The molecule has 2 N–H and O–H groups in total. The molecular weight excluding hydrogens is 249 g/mol. The Morgan fingerprint density at radius 3 is 2.92 bits per heavy atom. The summed E-state index contributed by atoms with van der Waals surface area (Å²) in [6.07, 6.45) is 1.22. The Kier molecular flexibility index (Phi) is 2.96. The highest BCUT2D eigenvalue weighted by Gasteiger charge is 2.13. The maximum Gasteiger partial charge on any atom is 0.378 e. The van der Waals surface area contributed by atoms with Crippen LogP contribution >= 0.6 is 27.5 Å². The number of aromatic nitrogens is 2. The number of carbonyl (C=O) groups is 1. The lowest BCUT2D eigenvalue weighted by atomic mass is 10.5. The molecular formula is C5H3BrClN3O2. The molecule has 7 heteroatoms. The van der Waals surface area contributed by atoms with E-state index in [1.165, 1.54) is 6.20 Å². The fourth-order valence-electron chi connectivity index (χ4n) is 0.539. The Morgan fingerprint density at radius 2 is 2.42 bits per heavy atom. The summed E-state index contributed by atoms with van der Waals surface area (Å²) in [5, 5.41) is 0.176. The predicted molar refractivity (Wildman–Crippen MR) is 44.3 cm³/mol. The zero-order valence-corrected chi connectivity index (χ0v) is 7.96. The molecule has 0 aliphatic heterocycles. The molecule has 1 heterocycles. The molecule has 0 saturated carbocycles. The summed E-state index contributed by atoms with van der Waals surface area (Å²) in [6, 6.07) is 0. The number of nitrogens with two attached hydrogens (primary N) is 1. The summed E-state index contributed by atoms with van der Waals surface area (Å²) in [5.74, 6) is 3.87. The van der Waals surface area contributed by atoms with Gasteiger partial charge in [0.05, 0.1) is 6.20 Å². The van der Waals surface area contributed by atoms with Crippen LogP contribution in [-0.4, -0.2) is 15.9 Å². The molecule has 0 bridgehead atoms. The van der Waals surface area contributed by atoms with Crippen LogP contribution in [0.15, 0.2) is 10.8 Å². The molecule has 1 rings (SSSR count). The molecule has 0 aliphatic rings. The first-order chi connectivity index (χ1) is 5.65. The largest absolute Gasteiger partial charge is 0.378 e. The minimum Gasteiger partial charge on any atom is -0.368 e. The highest BCUT2D eigenvalue weighted by molar-refractivity contribution is 9.10. The quantitative estimate of drug-likeness (QED) is 0.752. The van der Waals surface area contributed by atoms with Crippen molar-refractivity contribution in [2.45, 2.75) is 0 Å². The van der Waals surface area contributed by atoms with Gasteiger partial charge in [0.2, 0.25) is 0 Å². The summed E-state index contributed by atoms with van der Waals surface area (Å²) in [4.78, 5) is 22.1. The maximum atomic E-state index is 10.8. The zero-order chi connectivity index (χ0) is 9.14. The number of nitrogens with zero attached hydrogens (tertiary/aromatic N) is 2. The highest BCUT2D eigenvalue weighted by Crippen LogP contribution is 2.14. The SMILES string of the molecule is NOC(=O)c1ncc(Cl)nc1Br. The molecule has 0 aliphatic carbocycles. The van der Waals surface area contributed by atoms with Crippen LogP contribution in [0.4, 0.5) is 0 Å². The Labute approximate surface area is 81.0 Å². The van der Waals surface area contributed by atoms with Crippen molar-refractivity contribution in [1.82, 2.24) is 9.97 Å². The summed E-state index contributed by atoms with van der Waals surface area (Å²) >= 11 is 8.45. The van der Waals surface area contributed by atoms with Gasteiger partial charge in [-0.3, -0.25) is 0 Å². The molecule has 64 valence electrons. The van der Waals surface area contributed by atoms with Gasteiger partial charge in [-0.15, -0.1) is 0 Å². The second-order valence-corrected chi connectivity index (χ2v) is 2.88. The molecule has 0 aromatic carbocycles. The number of hydrogen-bond acceptors (Lipinski definition) is 5. The van der Waals surface area contributed by atoms with E-state index in [4.69, 9.17) is 11.6 Å². The van der Waals surface area contributed by atoms with Crippen molar-refractivity contribution < 1.29 is 9.63 Å². The molecule has 0 fully saturated rings. The Bertz CT molecular complexity index is 320. The lowest BCUT2D eigenvalue weighted by Gasteiger charge is -1.98. The maximum absolute atomic E-state index is 10.8. The van der Waals surface area contributed by atoms with E-state index in [0.717, 1.165) is 0 Å². The van der Waals surface area contributed by atoms with Gasteiger partial charge in [-0.2, -0.15) is 5.90 Å². The first-order valence-electron chi connectivity index (χ1n) is 2.74. The topological polar surface area (TPSA) is 78.1 Å². The van der Waals surface area contributed by atoms with Crippen molar-refractivity contribution in [1.29, 1.82) is 0 Å². The van der Waals surface area contributed by atoms with E-state index in [9.17, 15) is 4.79 Å². The first kappa shape index (κ1) is 9.37. The third-order valence-electron chi connectivity index (χ3n) is 1.00. The van der Waals surface area contributed by atoms with Crippen molar-refractivity contribution in [3.63, 3.8) is 0 Å². The normalized spacial score (nSPS) is 9.58. The fraction of sp³-hybridized carbons (Fsp3) is 0. The van der Waals surface area contributed by atoms with Gasteiger partial charge in [0.1, 0.15) is 9.76 Å². The second-order valence-electron chi connectivity index (χ2n) is 1.74. The van der Waals surface area contributed by atoms with Crippen molar-refractivity contribution >= 4 is 33.5 Å². The Balaban J connectivity index is 3.09. The van der Waals surface area contributed by atoms with E-state index in [2.05, 4.69) is 36.6 Å². The van der Waals surface area contributed by atoms with E-state index in [1.54, 1.807) is 0 Å². The first-order valence-corrected chi connectivity index (χ1v) is 3.91. The van der Waals surface area contributed by atoms with Gasteiger partial charge in [-0.1, -0.05) is 11.6 Å². The molecule has 0 saturated heterocycles. The van der Waals surface area contributed by atoms with Gasteiger partial charge >= 0.3 is 5.97 Å². The average Bonchev–Trinajstić information content (AvgIpc) is 2.03. The second kappa shape index (κ2) is 3.79. The van der Waals surface area contributed by atoms with Crippen LogP contribution in [0, 0.1) is 0 Å². The van der Waals surface area contributed by atoms with Crippen LogP contribution in [-0.2, 0) is 4.84 Å². The molecule has 0 spiro atoms. The standard InChI is InChI=1S/C5H3BrClN3O2/c6-4-3(5(11)12-8)9-1-2(7)10-4/h1H,8H2. The molecule has 0 amide bonds. The fourth-order valence-corrected chi connectivity index (χ4v) is 1.23. The molecule has 12 heavy (non-hydrogen) atoms. The Morgan fingerprint density at radius 1 is 1.75 bits per heavy atom. The summed E-state index contributed by atoms with van der Waals surface area (Å²) in [7, 11) is 0. The van der Waals surface area contributed by atoms with E-state index in [-0.39, 0.29) is 15.5 Å². The van der Waals surface area contributed by atoms with Crippen molar-refractivity contribution in [2.75, 3.05) is 0 Å². The number of hydrogen-bond donors (Lipinski definition) is 1. The summed E-state index contributed by atoms with van der Waals surface area (Å²) in [6.45, 7) is 0. The van der Waals surface area contributed by atoms with Crippen LogP contribution in [0.2, 0.25) is 5.15 Å². The van der Waals surface area contributed by atoms with Crippen molar-refractivity contribution in [2.24, 2.45) is 5.90 Å². The van der Waals surface area contributed by atoms with Crippen molar-refractivity contribution in [3.8, 4) is 0 Å². The van der Waals surface area contributed by atoms with Gasteiger partial charge in [0.15, 0.2) is 5.69 Å².